The van der Waals surface area contributed by atoms with E-state index in [1.807, 2.05) is 0 Å². The van der Waals surface area contributed by atoms with Crippen LogP contribution in [0.4, 0.5) is 13.2 Å². The largest absolute Gasteiger partial charge is 0.416 e. The first-order valence-electron chi connectivity index (χ1n) is 5.18. The Kier molecular flexibility index (Phi) is 3.16. The van der Waals surface area contributed by atoms with E-state index in [1.54, 1.807) is 6.07 Å². The van der Waals surface area contributed by atoms with Gasteiger partial charge in [0.1, 0.15) is 0 Å². The van der Waals surface area contributed by atoms with Crippen molar-refractivity contribution in [3.63, 3.8) is 0 Å². The van der Waals surface area contributed by atoms with Crippen molar-refractivity contribution in [2.75, 3.05) is 19.6 Å². The molecule has 2 N–H and O–H groups in total. The van der Waals surface area contributed by atoms with Crippen LogP contribution in [0, 0.1) is 0 Å². The van der Waals surface area contributed by atoms with Gasteiger partial charge in [-0.2, -0.15) is 13.2 Å². The van der Waals surface area contributed by atoms with Gasteiger partial charge in [0.15, 0.2) is 0 Å². The molecule has 1 aliphatic heterocycles. The molecule has 0 spiro atoms. The smallest absolute Gasteiger partial charge is 0.314 e. The summed E-state index contributed by atoms with van der Waals surface area (Å²) in [5, 5.41) is 6.33. The van der Waals surface area contributed by atoms with Crippen molar-refractivity contribution in [1.29, 1.82) is 0 Å². The Balaban J connectivity index is 2.21. The average molecular weight is 230 g/mol. The lowest BCUT2D eigenvalue weighted by atomic mass is 10.0. The molecule has 1 heterocycles. The van der Waals surface area contributed by atoms with Gasteiger partial charge in [-0.3, -0.25) is 0 Å². The molecule has 1 aliphatic rings. The van der Waals surface area contributed by atoms with Crippen LogP contribution in [0.1, 0.15) is 17.2 Å². The first kappa shape index (κ1) is 11.4. The number of halogens is 3. The topological polar surface area (TPSA) is 24.1 Å². The number of nitrogens with one attached hydrogen (secondary N) is 2. The molecule has 0 aliphatic carbocycles. The quantitative estimate of drug-likeness (QED) is 0.770. The predicted molar refractivity (Wildman–Crippen MR) is 55.1 cm³/mol. The van der Waals surface area contributed by atoms with Gasteiger partial charge in [-0.25, -0.2) is 0 Å². The number of hydrogen-bond acceptors (Lipinski definition) is 2. The number of rotatable bonds is 1. The summed E-state index contributed by atoms with van der Waals surface area (Å²) >= 11 is 0. The summed E-state index contributed by atoms with van der Waals surface area (Å²) in [6, 6.07) is 5.45. The van der Waals surface area contributed by atoms with E-state index in [4.69, 9.17) is 0 Å². The fourth-order valence-electron chi connectivity index (χ4n) is 1.82. The zero-order chi connectivity index (χ0) is 11.6. The highest BCUT2D eigenvalue weighted by atomic mass is 19.4. The van der Waals surface area contributed by atoms with Crippen LogP contribution in [0.15, 0.2) is 24.3 Å². The molecule has 1 aromatic carbocycles. The summed E-state index contributed by atoms with van der Waals surface area (Å²) in [5.41, 5.74) is 0.0967. The van der Waals surface area contributed by atoms with Gasteiger partial charge in [0.2, 0.25) is 0 Å². The monoisotopic (exact) mass is 230 g/mol. The molecule has 1 aromatic rings. The predicted octanol–water partition coefficient (Wildman–Crippen LogP) is 1.94. The van der Waals surface area contributed by atoms with Crippen LogP contribution in [0.25, 0.3) is 0 Å². The minimum atomic E-state index is -4.27. The molecule has 0 unspecified atom stereocenters. The fraction of sp³-hybridized carbons (Fsp3) is 0.455. The Bertz CT molecular complexity index is 356. The molecule has 1 saturated heterocycles. The van der Waals surface area contributed by atoms with Crippen molar-refractivity contribution < 1.29 is 13.2 Å². The van der Waals surface area contributed by atoms with Crippen LogP contribution in [0.5, 0.6) is 0 Å². The number of piperazine rings is 1. The van der Waals surface area contributed by atoms with E-state index in [0.717, 1.165) is 19.2 Å². The summed E-state index contributed by atoms with van der Waals surface area (Å²) in [4.78, 5) is 0. The van der Waals surface area contributed by atoms with Crippen molar-refractivity contribution in [3.8, 4) is 0 Å². The van der Waals surface area contributed by atoms with Crippen LogP contribution in [-0.2, 0) is 6.18 Å². The zero-order valence-corrected chi connectivity index (χ0v) is 8.64. The maximum atomic E-state index is 12.5. The molecular formula is C11H13F3N2. The summed E-state index contributed by atoms with van der Waals surface area (Å²) in [5.74, 6) is 0. The lowest BCUT2D eigenvalue weighted by Gasteiger charge is -2.25. The van der Waals surface area contributed by atoms with Gasteiger partial charge in [-0.1, -0.05) is 12.1 Å². The summed E-state index contributed by atoms with van der Waals surface area (Å²) < 4.78 is 37.5. The molecule has 0 bridgehead atoms. The van der Waals surface area contributed by atoms with Gasteiger partial charge in [0.25, 0.3) is 0 Å². The summed E-state index contributed by atoms with van der Waals surface area (Å²) in [7, 11) is 0. The SMILES string of the molecule is FC(F)(F)c1cccc([C@@H]2CNCCN2)c1. The number of hydrogen-bond donors (Lipinski definition) is 2. The third-order valence-corrected chi connectivity index (χ3v) is 2.66. The molecule has 0 aromatic heterocycles. The van der Waals surface area contributed by atoms with Crippen molar-refractivity contribution in [3.05, 3.63) is 35.4 Å². The summed E-state index contributed by atoms with van der Waals surface area (Å²) in [6.07, 6.45) is -4.27. The van der Waals surface area contributed by atoms with Gasteiger partial charge in [-0.15, -0.1) is 0 Å². The normalized spacial score (nSPS) is 22.1. The van der Waals surface area contributed by atoms with Gasteiger partial charge in [0.05, 0.1) is 5.56 Å². The highest BCUT2D eigenvalue weighted by molar-refractivity contribution is 5.28. The van der Waals surface area contributed by atoms with Gasteiger partial charge in [-0.05, 0) is 17.7 Å². The highest BCUT2D eigenvalue weighted by Gasteiger charge is 2.31. The van der Waals surface area contributed by atoms with Crippen LogP contribution < -0.4 is 10.6 Å². The van der Waals surface area contributed by atoms with Gasteiger partial charge < -0.3 is 10.6 Å². The zero-order valence-electron chi connectivity index (χ0n) is 8.64. The average Bonchev–Trinajstić information content (AvgIpc) is 2.29. The Morgan fingerprint density at radius 3 is 2.62 bits per heavy atom. The van der Waals surface area contributed by atoms with Crippen LogP contribution in [0.2, 0.25) is 0 Å². The lowest BCUT2D eigenvalue weighted by molar-refractivity contribution is -0.137. The van der Waals surface area contributed by atoms with E-state index >= 15 is 0 Å². The summed E-state index contributed by atoms with van der Waals surface area (Å²) in [6.45, 7) is 2.30. The maximum Gasteiger partial charge on any atom is 0.416 e. The standard InChI is InChI=1S/C11H13F3N2/c12-11(13,14)9-3-1-2-8(6-9)10-7-15-4-5-16-10/h1-3,6,10,15-16H,4-5,7H2/t10-/m0/s1. The first-order valence-corrected chi connectivity index (χ1v) is 5.18. The van der Waals surface area contributed by atoms with E-state index in [2.05, 4.69) is 10.6 Å². The second kappa shape index (κ2) is 4.43. The van der Waals surface area contributed by atoms with E-state index in [1.165, 1.54) is 12.1 Å². The van der Waals surface area contributed by atoms with Crippen molar-refractivity contribution in [1.82, 2.24) is 10.6 Å². The molecule has 2 rings (SSSR count). The second-order valence-electron chi connectivity index (χ2n) is 3.83. The third kappa shape index (κ3) is 2.54. The molecule has 2 nitrogen and oxygen atoms in total. The second-order valence-corrected chi connectivity index (χ2v) is 3.83. The van der Waals surface area contributed by atoms with Crippen LogP contribution >= 0.6 is 0 Å². The molecule has 88 valence electrons. The third-order valence-electron chi connectivity index (χ3n) is 2.66. The molecule has 16 heavy (non-hydrogen) atoms. The van der Waals surface area contributed by atoms with E-state index in [9.17, 15) is 13.2 Å². The van der Waals surface area contributed by atoms with Gasteiger partial charge in [0, 0.05) is 25.7 Å². The Hall–Kier alpha value is -1.07. The molecule has 1 fully saturated rings. The Morgan fingerprint density at radius 1 is 1.19 bits per heavy atom. The number of benzene rings is 1. The van der Waals surface area contributed by atoms with E-state index < -0.39 is 11.7 Å². The maximum absolute atomic E-state index is 12.5. The molecule has 1 atom stereocenters. The number of alkyl halides is 3. The van der Waals surface area contributed by atoms with Crippen LogP contribution in [0.3, 0.4) is 0 Å². The molecule has 5 heteroatoms. The lowest BCUT2D eigenvalue weighted by Crippen LogP contribution is -2.42. The Labute approximate surface area is 91.8 Å². The van der Waals surface area contributed by atoms with Crippen LogP contribution in [-0.4, -0.2) is 19.6 Å². The Morgan fingerprint density at radius 2 is 2.00 bits per heavy atom. The van der Waals surface area contributed by atoms with Crippen molar-refractivity contribution >= 4 is 0 Å². The molecule has 0 radical (unpaired) electrons. The minimum absolute atomic E-state index is 0.0314. The molecule has 0 amide bonds. The van der Waals surface area contributed by atoms with E-state index in [-0.39, 0.29) is 6.04 Å². The first-order chi connectivity index (χ1) is 7.57. The molecule has 0 saturated carbocycles. The fourth-order valence-corrected chi connectivity index (χ4v) is 1.82. The highest BCUT2D eigenvalue weighted by Crippen LogP contribution is 2.30. The van der Waals surface area contributed by atoms with Gasteiger partial charge >= 0.3 is 6.18 Å². The van der Waals surface area contributed by atoms with Crippen molar-refractivity contribution in [2.45, 2.75) is 12.2 Å². The minimum Gasteiger partial charge on any atom is -0.314 e. The van der Waals surface area contributed by atoms with E-state index in [0.29, 0.717) is 12.1 Å². The van der Waals surface area contributed by atoms with Crippen molar-refractivity contribution in [2.24, 2.45) is 0 Å². The molecular weight excluding hydrogens is 217 g/mol.